The van der Waals surface area contributed by atoms with Crippen molar-refractivity contribution in [1.82, 2.24) is 0 Å². The van der Waals surface area contributed by atoms with Crippen LogP contribution >= 0.6 is 0 Å². The Morgan fingerprint density at radius 1 is 0.795 bits per heavy atom. The zero-order chi connectivity index (χ0) is 29.4. The molecule has 0 saturated heterocycles. The molecule has 0 aliphatic rings. The summed E-state index contributed by atoms with van der Waals surface area (Å²) >= 11 is -3.04. The van der Waals surface area contributed by atoms with Crippen molar-refractivity contribution in [2.75, 3.05) is 0 Å². The van der Waals surface area contributed by atoms with E-state index in [0.29, 0.717) is 5.54 Å². The Bertz CT molecular complexity index is 567. The van der Waals surface area contributed by atoms with Crippen LogP contribution in [-0.4, -0.2) is 112 Å². The van der Waals surface area contributed by atoms with E-state index in [2.05, 4.69) is 0 Å². The summed E-state index contributed by atoms with van der Waals surface area (Å²) in [4.78, 5) is 37.5. The molecule has 5 N–H and O–H groups in total. The summed E-state index contributed by atoms with van der Waals surface area (Å²) < 4.78 is 49.7. The summed E-state index contributed by atoms with van der Waals surface area (Å²) in [5.74, 6) is 0. The van der Waals surface area contributed by atoms with Gasteiger partial charge >= 0.3 is 86.2 Å². The van der Waals surface area contributed by atoms with Crippen LogP contribution in [0.2, 0.25) is 5.54 Å². The summed E-state index contributed by atoms with van der Waals surface area (Å²) in [6.07, 6.45) is -1.63. The fraction of sp³-hybridized carbons (Fsp3) is 1.00. The second-order valence-corrected chi connectivity index (χ2v) is 19.5. The Hall–Kier alpha value is 2.53. The van der Waals surface area contributed by atoms with E-state index in [0.717, 1.165) is 0 Å². The molecule has 0 fully saturated rings. The summed E-state index contributed by atoms with van der Waals surface area (Å²) in [5.41, 5.74) is 0.468. The monoisotopic (exact) mass is 740 g/mol. The molecule has 0 aromatic heterocycles. The van der Waals surface area contributed by atoms with E-state index >= 15 is 0 Å². The van der Waals surface area contributed by atoms with Crippen LogP contribution in [0.5, 0.6) is 0 Å². The number of rotatable bonds is 19. The summed E-state index contributed by atoms with van der Waals surface area (Å²) in [6, 6.07) is 0. The molecule has 4 radical (unpaired) electrons. The first-order valence-corrected chi connectivity index (χ1v) is 20.5. The summed E-state index contributed by atoms with van der Waals surface area (Å²) in [6.45, 7) is 21.4. The van der Waals surface area contributed by atoms with Crippen molar-refractivity contribution in [2.24, 2.45) is 0 Å². The van der Waals surface area contributed by atoms with Crippen molar-refractivity contribution in [3.63, 3.8) is 0 Å². The molecular weight excluding hydrogens is 687 g/mol. The van der Waals surface area contributed by atoms with Crippen LogP contribution in [0, 0.1) is 0 Å². The van der Waals surface area contributed by atoms with Crippen molar-refractivity contribution in [3.8, 4) is 0 Å². The van der Waals surface area contributed by atoms with Gasteiger partial charge in [-0.15, -0.1) is 0 Å². The molecule has 234 valence electrons. The Labute approximate surface area is 279 Å². The molecule has 0 heterocycles. The van der Waals surface area contributed by atoms with E-state index in [1.54, 1.807) is 69.2 Å². The van der Waals surface area contributed by atoms with Gasteiger partial charge in [-0.2, -0.15) is 0 Å². The topological polar surface area (TPSA) is 167 Å². The van der Waals surface area contributed by atoms with Crippen molar-refractivity contribution in [1.29, 1.82) is 0 Å². The molecule has 0 aliphatic heterocycles. The second-order valence-electron chi connectivity index (χ2n) is 9.41. The van der Waals surface area contributed by atoms with Gasteiger partial charge in [0.2, 0.25) is 9.76 Å². The van der Waals surface area contributed by atoms with Crippen molar-refractivity contribution < 1.29 is 99.3 Å². The number of hydrogen-bond donors (Lipinski definition) is 3. The number of hydrogen-bond acceptors (Lipinski definition) is 12. The molecular formula is C18H53AlO13Si5Ti2. The minimum atomic E-state index is -4.13. The third-order valence-corrected chi connectivity index (χ3v) is 14.4. The fourth-order valence-corrected chi connectivity index (χ4v) is 11.5. The van der Waals surface area contributed by atoms with Gasteiger partial charge in [0, 0.05) is 18.3 Å². The minimum absolute atomic E-state index is 0. The zero-order valence-electron chi connectivity index (χ0n) is 25.6. The molecule has 0 bridgehead atoms. The average molecular weight is 741 g/mol. The van der Waals surface area contributed by atoms with Gasteiger partial charge in [-0.05, 0) is 80.9 Å². The first kappa shape index (κ1) is 48.4. The first-order chi connectivity index (χ1) is 16.8. The van der Waals surface area contributed by atoms with Gasteiger partial charge in [-0.1, -0.05) is 13.8 Å². The average Bonchev–Trinajstić information content (AvgIpc) is 2.64. The van der Waals surface area contributed by atoms with Crippen LogP contribution in [0.1, 0.15) is 83.1 Å². The predicted molar refractivity (Wildman–Crippen MR) is 154 cm³/mol. The van der Waals surface area contributed by atoms with Gasteiger partial charge in [0.15, 0.2) is 0 Å². The third kappa shape index (κ3) is 30.3. The Morgan fingerprint density at radius 2 is 1.23 bits per heavy atom. The molecule has 0 saturated carbocycles. The molecule has 0 unspecified atom stereocenters. The van der Waals surface area contributed by atoms with E-state index in [1.807, 2.05) is 13.8 Å². The molecule has 0 rings (SSSR count). The summed E-state index contributed by atoms with van der Waals surface area (Å²) in [7, 11) is -12.5. The Morgan fingerprint density at radius 3 is 1.56 bits per heavy atom. The van der Waals surface area contributed by atoms with Gasteiger partial charge < -0.3 is 55.9 Å². The molecule has 2 atom stereocenters. The standard InChI is InChI=1S/C6H17O6Si2.C6H16O5Si2.C3H8OSi.C3H7O.Al.2Ti.4H/c1-5(2)10-13(7)12-14(8,9)11-6(3)4;1-5(2)9-13(8,11-12-7)10-6(3)4;1-3(2)5-4;1-3(2)4;;;;;;;/h5-8,13H,1-4H3;5-6,8,12H,1-4H3;3-4H,1-2H3;3H,1-2H3;;;;;;;/q2*-1;;-1;+2;;;;;;/p+1/t13-,14-;;;;;;;;;;/m0........../s1. The van der Waals surface area contributed by atoms with Gasteiger partial charge in [0.1, 0.15) is 0 Å². The van der Waals surface area contributed by atoms with Crippen LogP contribution in [0.25, 0.3) is 0 Å². The maximum absolute atomic E-state index is 10.6. The molecule has 39 heavy (non-hydrogen) atoms. The van der Waals surface area contributed by atoms with Gasteiger partial charge in [0.25, 0.3) is 10.0 Å². The molecule has 0 spiro atoms. The molecule has 0 amide bonds. The Balaban J connectivity index is -0.000000796. The van der Waals surface area contributed by atoms with Crippen LogP contribution in [-0.2, 0) is 80.1 Å². The van der Waals surface area contributed by atoms with E-state index in [-0.39, 0.29) is 77.6 Å². The van der Waals surface area contributed by atoms with E-state index in [1.165, 1.54) is 0 Å². The fourth-order valence-electron chi connectivity index (χ4n) is 2.04. The van der Waals surface area contributed by atoms with Crippen LogP contribution in [0.3, 0.4) is 0 Å². The first-order valence-electron chi connectivity index (χ1n) is 12.2. The van der Waals surface area contributed by atoms with Gasteiger partial charge in [-0.3, -0.25) is 0 Å². The van der Waals surface area contributed by atoms with Gasteiger partial charge in [-0.25, -0.2) is 0 Å². The normalized spacial score (nSPS) is 14.5. The molecule has 0 aromatic rings. The molecule has 13 nitrogen and oxygen atoms in total. The third-order valence-electron chi connectivity index (χ3n) is 3.06. The molecule has 0 aliphatic carbocycles. The van der Waals surface area contributed by atoms with E-state index in [9.17, 15) is 9.59 Å². The maximum atomic E-state index is 10.6. The predicted octanol–water partition coefficient (Wildman–Crippen LogP) is -0.923. The molecule has 0 aromatic carbocycles. The second kappa shape index (κ2) is 25.8. The van der Waals surface area contributed by atoms with E-state index in [4.69, 9.17) is 46.3 Å². The summed E-state index contributed by atoms with van der Waals surface area (Å²) in [5, 5.41) is 0. The quantitative estimate of drug-likeness (QED) is 0.110. The van der Waals surface area contributed by atoms with Crippen molar-refractivity contribution >= 4 is 62.5 Å². The van der Waals surface area contributed by atoms with Crippen LogP contribution < -0.4 is 0 Å². The SMILES string of the molecule is CC(C)[O][Al-]([O][SiH]O[Si](O)(OC(C)C)OC(C)C)[O][Si@@]([OH2+])(OC(C)C)O[Si@@H](O)OC(C)C.CC(C)[Si]O.[TiH2].[TiH2]. The zero-order valence-corrected chi connectivity index (χ0v) is 36.5. The van der Waals surface area contributed by atoms with Crippen molar-refractivity contribution in [2.45, 2.75) is 119 Å². The van der Waals surface area contributed by atoms with E-state index < -0.39 is 58.9 Å². The van der Waals surface area contributed by atoms with Gasteiger partial charge in [0.05, 0.1) is 6.10 Å². The van der Waals surface area contributed by atoms with Crippen molar-refractivity contribution in [3.05, 3.63) is 0 Å². The van der Waals surface area contributed by atoms with Crippen LogP contribution in [0.15, 0.2) is 0 Å². The Kier molecular flexibility index (Phi) is 32.1. The molecule has 21 heteroatoms. The van der Waals surface area contributed by atoms with Crippen LogP contribution in [0.4, 0.5) is 0 Å².